The molecule has 0 spiro atoms. The molecule has 0 aromatic heterocycles. The molecule has 0 radical (unpaired) electrons. The van der Waals surface area contributed by atoms with Gasteiger partial charge in [0.25, 0.3) is 0 Å². The fourth-order valence-electron chi connectivity index (χ4n) is 2.22. The summed E-state index contributed by atoms with van der Waals surface area (Å²) in [4.78, 5) is 2.33. The molecule has 0 aliphatic carbocycles. The lowest BCUT2D eigenvalue weighted by molar-refractivity contribution is 0.159. The number of halogens is 1. The van der Waals surface area contributed by atoms with Gasteiger partial charge < -0.3 is 15.4 Å². The highest BCUT2D eigenvalue weighted by Crippen LogP contribution is 2.23. The average Bonchev–Trinajstić information content (AvgIpc) is 2.36. The van der Waals surface area contributed by atoms with Crippen molar-refractivity contribution in [3.63, 3.8) is 0 Å². The Labute approximate surface area is 117 Å². The van der Waals surface area contributed by atoms with Crippen LogP contribution in [0.3, 0.4) is 0 Å². The van der Waals surface area contributed by atoms with Crippen LogP contribution in [0.2, 0.25) is 0 Å². The molecule has 18 heavy (non-hydrogen) atoms. The van der Waals surface area contributed by atoms with Crippen LogP contribution in [0.15, 0.2) is 28.7 Å². The van der Waals surface area contributed by atoms with Gasteiger partial charge in [-0.1, -0.05) is 15.9 Å². The highest BCUT2D eigenvalue weighted by atomic mass is 79.9. The predicted molar refractivity (Wildman–Crippen MR) is 77.9 cm³/mol. The van der Waals surface area contributed by atoms with Crippen molar-refractivity contribution in [1.82, 2.24) is 4.90 Å². The summed E-state index contributed by atoms with van der Waals surface area (Å²) in [7, 11) is 2.15. The van der Waals surface area contributed by atoms with Crippen molar-refractivity contribution in [2.75, 3.05) is 26.7 Å². The third kappa shape index (κ3) is 3.97. The third-order valence-corrected chi connectivity index (χ3v) is 4.19. The molecule has 1 aromatic rings. The van der Waals surface area contributed by atoms with Crippen molar-refractivity contribution >= 4 is 15.9 Å². The molecule has 0 bridgehead atoms. The SMILES string of the molecule is CN1CCC(N)(CCOc2ccc(Br)cc2)CC1. The first-order valence-corrected chi connectivity index (χ1v) is 7.23. The van der Waals surface area contributed by atoms with Crippen LogP contribution in [0.5, 0.6) is 5.75 Å². The Morgan fingerprint density at radius 3 is 2.50 bits per heavy atom. The van der Waals surface area contributed by atoms with Gasteiger partial charge in [0.1, 0.15) is 5.75 Å². The number of rotatable bonds is 4. The summed E-state index contributed by atoms with van der Waals surface area (Å²) in [5.41, 5.74) is 6.36. The van der Waals surface area contributed by atoms with Gasteiger partial charge in [-0.2, -0.15) is 0 Å². The van der Waals surface area contributed by atoms with Crippen molar-refractivity contribution in [3.05, 3.63) is 28.7 Å². The normalized spacial score (nSPS) is 19.7. The Balaban J connectivity index is 1.76. The van der Waals surface area contributed by atoms with Crippen molar-refractivity contribution < 1.29 is 4.74 Å². The Hall–Kier alpha value is -0.580. The number of nitrogens with zero attached hydrogens (tertiary/aromatic N) is 1. The molecule has 100 valence electrons. The summed E-state index contributed by atoms with van der Waals surface area (Å²) >= 11 is 3.41. The predicted octanol–water partition coefficient (Wildman–Crippen LogP) is 2.64. The summed E-state index contributed by atoms with van der Waals surface area (Å²) in [6.07, 6.45) is 3.05. The van der Waals surface area contributed by atoms with Crippen molar-refractivity contribution in [2.24, 2.45) is 5.73 Å². The number of benzene rings is 1. The van der Waals surface area contributed by atoms with E-state index in [9.17, 15) is 0 Å². The van der Waals surface area contributed by atoms with Crippen LogP contribution in [-0.2, 0) is 0 Å². The Kier molecular flexibility index (Phi) is 4.65. The third-order valence-electron chi connectivity index (χ3n) is 3.67. The molecule has 0 unspecified atom stereocenters. The molecule has 1 fully saturated rings. The van der Waals surface area contributed by atoms with Gasteiger partial charge in [0, 0.05) is 10.0 Å². The molecule has 1 saturated heterocycles. The molecular weight excluding hydrogens is 292 g/mol. The minimum absolute atomic E-state index is 0.0398. The van der Waals surface area contributed by atoms with Gasteiger partial charge in [-0.25, -0.2) is 0 Å². The molecule has 1 aromatic carbocycles. The van der Waals surface area contributed by atoms with Gasteiger partial charge in [-0.3, -0.25) is 0 Å². The molecular formula is C14H21BrN2O. The lowest BCUT2D eigenvalue weighted by Crippen LogP contribution is -2.50. The van der Waals surface area contributed by atoms with Crippen LogP contribution in [-0.4, -0.2) is 37.2 Å². The quantitative estimate of drug-likeness (QED) is 0.929. The molecule has 2 N–H and O–H groups in total. The molecule has 0 saturated carbocycles. The zero-order valence-electron chi connectivity index (χ0n) is 10.9. The van der Waals surface area contributed by atoms with Gasteiger partial charge in [-0.15, -0.1) is 0 Å². The lowest BCUT2D eigenvalue weighted by atomic mass is 9.86. The number of nitrogens with two attached hydrogens (primary N) is 1. The Bertz CT molecular complexity index is 372. The van der Waals surface area contributed by atoms with Gasteiger partial charge in [0.05, 0.1) is 6.61 Å². The fourth-order valence-corrected chi connectivity index (χ4v) is 2.48. The van der Waals surface area contributed by atoms with E-state index in [2.05, 4.69) is 27.9 Å². The van der Waals surface area contributed by atoms with Gasteiger partial charge in [0.15, 0.2) is 0 Å². The van der Waals surface area contributed by atoms with Gasteiger partial charge in [0.2, 0.25) is 0 Å². The van der Waals surface area contributed by atoms with Crippen LogP contribution >= 0.6 is 15.9 Å². The Morgan fingerprint density at radius 1 is 1.28 bits per heavy atom. The van der Waals surface area contributed by atoms with Crippen LogP contribution in [0.4, 0.5) is 0 Å². The lowest BCUT2D eigenvalue weighted by Gasteiger charge is -2.37. The summed E-state index contributed by atoms with van der Waals surface area (Å²) in [5, 5.41) is 0. The molecule has 2 rings (SSSR count). The average molecular weight is 313 g/mol. The van der Waals surface area contributed by atoms with Crippen molar-refractivity contribution in [2.45, 2.75) is 24.8 Å². The summed E-state index contributed by atoms with van der Waals surface area (Å²) in [6, 6.07) is 7.93. The highest BCUT2D eigenvalue weighted by molar-refractivity contribution is 9.10. The van der Waals surface area contributed by atoms with Gasteiger partial charge >= 0.3 is 0 Å². The van der Waals surface area contributed by atoms with Crippen molar-refractivity contribution in [1.29, 1.82) is 0 Å². The molecule has 1 heterocycles. The summed E-state index contributed by atoms with van der Waals surface area (Å²) < 4.78 is 6.81. The van der Waals surface area contributed by atoms with E-state index >= 15 is 0 Å². The number of piperidine rings is 1. The monoisotopic (exact) mass is 312 g/mol. The van der Waals surface area contributed by atoms with E-state index in [0.29, 0.717) is 6.61 Å². The first-order chi connectivity index (χ1) is 8.57. The second-order valence-electron chi connectivity index (χ2n) is 5.22. The number of hydrogen-bond acceptors (Lipinski definition) is 3. The standard InChI is InChI=1S/C14H21BrN2O/c1-17-9-6-14(16,7-10-17)8-11-18-13-4-2-12(15)3-5-13/h2-5H,6-11,16H2,1H3. The minimum atomic E-state index is -0.0398. The van der Waals surface area contributed by atoms with Crippen molar-refractivity contribution in [3.8, 4) is 5.75 Å². The first-order valence-electron chi connectivity index (χ1n) is 6.43. The maximum absolute atomic E-state index is 6.40. The van der Waals surface area contributed by atoms with Crippen LogP contribution < -0.4 is 10.5 Å². The molecule has 1 aliphatic rings. The summed E-state index contributed by atoms with van der Waals surface area (Å²) in [6.45, 7) is 2.88. The zero-order valence-corrected chi connectivity index (χ0v) is 12.4. The number of likely N-dealkylation sites (tertiary alicyclic amines) is 1. The topological polar surface area (TPSA) is 38.5 Å². The molecule has 1 aliphatic heterocycles. The molecule has 0 atom stereocenters. The molecule has 3 nitrogen and oxygen atoms in total. The maximum Gasteiger partial charge on any atom is 0.119 e. The van der Waals surface area contributed by atoms with E-state index in [4.69, 9.17) is 10.5 Å². The van der Waals surface area contributed by atoms with E-state index in [-0.39, 0.29) is 5.54 Å². The smallest absolute Gasteiger partial charge is 0.119 e. The largest absolute Gasteiger partial charge is 0.494 e. The Morgan fingerprint density at radius 2 is 1.89 bits per heavy atom. The first kappa shape index (κ1) is 13.8. The van der Waals surface area contributed by atoms with Crippen LogP contribution in [0, 0.1) is 0 Å². The van der Waals surface area contributed by atoms with E-state index in [1.165, 1.54) is 0 Å². The summed E-state index contributed by atoms with van der Waals surface area (Å²) in [5.74, 6) is 0.912. The second-order valence-corrected chi connectivity index (χ2v) is 6.13. The van der Waals surface area contributed by atoms with E-state index < -0.39 is 0 Å². The second kappa shape index (κ2) is 6.04. The van der Waals surface area contributed by atoms with E-state index in [0.717, 1.165) is 42.6 Å². The highest BCUT2D eigenvalue weighted by Gasteiger charge is 2.29. The van der Waals surface area contributed by atoms with Crippen LogP contribution in [0.25, 0.3) is 0 Å². The number of ether oxygens (including phenoxy) is 1. The van der Waals surface area contributed by atoms with E-state index in [1.54, 1.807) is 0 Å². The fraction of sp³-hybridized carbons (Fsp3) is 0.571. The molecule has 0 amide bonds. The number of hydrogen-bond donors (Lipinski definition) is 1. The van der Waals surface area contributed by atoms with E-state index in [1.807, 2.05) is 24.3 Å². The minimum Gasteiger partial charge on any atom is -0.494 e. The van der Waals surface area contributed by atoms with Gasteiger partial charge in [-0.05, 0) is 63.7 Å². The molecule has 4 heteroatoms. The maximum atomic E-state index is 6.40. The zero-order chi connectivity index (χ0) is 13.0. The van der Waals surface area contributed by atoms with Crippen LogP contribution in [0.1, 0.15) is 19.3 Å².